The van der Waals surface area contributed by atoms with Crippen LogP contribution in [0.1, 0.15) is 31.1 Å². The van der Waals surface area contributed by atoms with Crippen LogP contribution in [0.15, 0.2) is 24.3 Å². The fourth-order valence-corrected chi connectivity index (χ4v) is 2.81. The molecule has 1 atom stereocenters. The molecule has 1 aromatic heterocycles. The van der Waals surface area contributed by atoms with Crippen LogP contribution < -0.4 is 4.74 Å². The van der Waals surface area contributed by atoms with Gasteiger partial charge in [0, 0.05) is 11.5 Å². The molecule has 128 valence electrons. The number of carbonyl (C=O) groups is 1. The maximum Gasteiger partial charge on any atom is 0.345 e. The Kier molecular flexibility index (Phi) is 4.55. The number of fused-ring (bicyclic) bond motifs is 1. The molecule has 2 heterocycles. The lowest BCUT2D eigenvalue weighted by atomic mass is 9.96. The fourth-order valence-electron chi connectivity index (χ4n) is 2.81. The lowest BCUT2D eigenvalue weighted by Crippen LogP contribution is -2.30. The van der Waals surface area contributed by atoms with Crippen LogP contribution in [0.4, 0.5) is 4.39 Å². The molecule has 24 heavy (non-hydrogen) atoms. The number of nitrogens with zero attached hydrogens (tertiary/aromatic N) is 2. The SMILES string of the molecule is CCOC(=O)c1c(-c2ccccc2F)nn2c1OCC(C(C)C)C2. The predicted molar refractivity (Wildman–Crippen MR) is 87.4 cm³/mol. The highest BCUT2D eigenvalue weighted by Gasteiger charge is 2.33. The van der Waals surface area contributed by atoms with Gasteiger partial charge in [-0.1, -0.05) is 26.0 Å². The lowest BCUT2D eigenvalue weighted by Gasteiger charge is -2.27. The summed E-state index contributed by atoms with van der Waals surface area (Å²) in [4.78, 5) is 12.4. The van der Waals surface area contributed by atoms with Crippen LogP contribution in [0.25, 0.3) is 11.3 Å². The average molecular weight is 332 g/mol. The topological polar surface area (TPSA) is 53.3 Å². The Bertz CT molecular complexity index is 755. The second kappa shape index (κ2) is 6.63. The summed E-state index contributed by atoms with van der Waals surface area (Å²) in [5.74, 6) is 0.105. The van der Waals surface area contributed by atoms with Crippen molar-refractivity contribution in [3.05, 3.63) is 35.6 Å². The molecule has 5 nitrogen and oxygen atoms in total. The Labute approximate surface area is 140 Å². The minimum Gasteiger partial charge on any atom is -0.477 e. The molecule has 1 aliphatic heterocycles. The quantitative estimate of drug-likeness (QED) is 0.804. The molecule has 0 saturated heterocycles. The lowest BCUT2D eigenvalue weighted by molar-refractivity contribution is 0.0515. The first-order valence-corrected chi connectivity index (χ1v) is 8.18. The van der Waals surface area contributed by atoms with Crippen molar-refractivity contribution < 1.29 is 18.7 Å². The number of hydrogen-bond acceptors (Lipinski definition) is 4. The molecule has 1 aromatic carbocycles. The van der Waals surface area contributed by atoms with Gasteiger partial charge in [-0.25, -0.2) is 13.9 Å². The van der Waals surface area contributed by atoms with Crippen LogP contribution in [0.2, 0.25) is 0 Å². The van der Waals surface area contributed by atoms with E-state index in [1.54, 1.807) is 29.8 Å². The van der Waals surface area contributed by atoms with Gasteiger partial charge in [-0.15, -0.1) is 0 Å². The molecule has 6 heteroatoms. The summed E-state index contributed by atoms with van der Waals surface area (Å²) in [5.41, 5.74) is 0.738. The number of halogens is 1. The molecule has 3 rings (SSSR count). The number of benzene rings is 1. The van der Waals surface area contributed by atoms with Crippen LogP contribution in [-0.4, -0.2) is 29.0 Å². The summed E-state index contributed by atoms with van der Waals surface area (Å²) >= 11 is 0. The van der Waals surface area contributed by atoms with Gasteiger partial charge >= 0.3 is 5.97 Å². The molecule has 0 N–H and O–H groups in total. The third-order valence-corrected chi connectivity index (χ3v) is 4.30. The van der Waals surface area contributed by atoms with Gasteiger partial charge in [-0.3, -0.25) is 0 Å². The van der Waals surface area contributed by atoms with Crippen LogP contribution in [0.5, 0.6) is 5.88 Å². The van der Waals surface area contributed by atoms with Gasteiger partial charge in [0.25, 0.3) is 0 Å². The molecule has 1 unspecified atom stereocenters. The highest BCUT2D eigenvalue weighted by Crippen LogP contribution is 2.36. The second-order valence-electron chi connectivity index (χ2n) is 6.23. The van der Waals surface area contributed by atoms with Crippen molar-refractivity contribution in [2.75, 3.05) is 13.2 Å². The number of aromatic nitrogens is 2. The third kappa shape index (κ3) is 2.88. The largest absolute Gasteiger partial charge is 0.477 e. The standard InChI is InChI=1S/C18H21FN2O3/c1-4-23-18(22)15-16(13-7-5-6-8-14(13)19)20-21-9-12(11(2)3)10-24-17(15)21/h5-8,11-12H,4,9-10H2,1-3H3. The maximum absolute atomic E-state index is 14.2. The second-order valence-corrected chi connectivity index (χ2v) is 6.23. The Balaban J connectivity index is 2.12. The van der Waals surface area contributed by atoms with Gasteiger partial charge < -0.3 is 9.47 Å². The zero-order valence-corrected chi connectivity index (χ0v) is 14.1. The fraction of sp³-hybridized carbons (Fsp3) is 0.444. The number of rotatable bonds is 4. The molecule has 0 saturated carbocycles. The molecule has 0 spiro atoms. The summed E-state index contributed by atoms with van der Waals surface area (Å²) in [5, 5.41) is 4.47. The van der Waals surface area contributed by atoms with Gasteiger partial charge in [-0.2, -0.15) is 5.10 Å². The van der Waals surface area contributed by atoms with E-state index < -0.39 is 11.8 Å². The van der Waals surface area contributed by atoms with Crippen LogP contribution >= 0.6 is 0 Å². The smallest absolute Gasteiger partial charge is 0.345 e. The van der Waals surface area contributed by atoms with Crippen molar-refractivity contribution in [2.24, 2.45) is 11.8 Å². The number of hydrogen-bond donors (Lipinski definition) is 0. The van der Waals surface area contributed by atoms with E-state index in [2.05, 4.69) is 18.9 Å². The summed E-state index contributed by atoms with van der Waals surface area (Å²) < 4.78 is 26.8. The van der Waals surface area contributed by atoms with Crippen LogP contribution in [-0.2, 0) is 11.3 Å². The maximum atomic E-state index is 14.2. The minimum absolute atomic E-state index is 0.198. The molecule has 0 radical (unpaired) electrons. The van der Waals surface area contributed by atoms with E-state index >= 15 is 0 Å². The number of carbonyl (C=O) groups excluding carboxylic acids is 1. The number of esters is 1. The summed E-state index contributed by atoms with van der Waals surface area (Å²) in [6.07, 6.45) is 0. The van der Waals surface area contributed by atoms with E-state index in [0.29, 0.717) is 30.9 Å². The molecule has 0 amide bonds. The highest BCUT2D eigenvalue weighted by atomic mass is 19.1. The first kappa shape index (κ1) is 16.5. The zero-order valence-electron chi connectivity index (χ0n) is 14.1. The number of ether oxygens (including phenoxy) is 2. The first-order chi connectivity index (χ1) is 11.5. The average Bonchev–Trinajstić information content (AvgIpc) is 2.93. The molecule has 0 aliphatic carbocycles. The van der Waals surface area contributed by atoms with E-state index in [1.807, 2.05) is 0 Å². The van der Waals surface area contributed by atoms with E-state index in [-0.39, 0.29) is 23.4 Å². The Morgan fingerprint density at radius 2 is 2.21 bits per heavy atom. The van der Waals surface area contributed by atoms with Gasteiger partial charge in [0.2, 0.25) is 5.88 Å². The minimum atomic E-state index is -0.542. The van der Waals surface area contributed by atoms with Gasteiger partial charge in [0.05, 0.1) is 19.8 Å². The molecule has 0 fully saturated rings. The Morgan fingerprint density at radius 3 is 2.88 bits per heavy atom. The predicted octanol–water partition coefficient (Wildman–Crippen LogP) is 3.53. The van der Waals surface area contributed by atoms with Crippen molar-refractivity contribution in [1.82, 2.24) is 9.78 Å². The summed E-state index contributed by atoms with van der Waals surface area (Å²) in [6, 6.07) is 6.26. The van der Waals surface area contributed by atoms with E-state index in [0.717, 1.165) is 0 Å². The Morgan fingerprint density at radius 1 is 1.46 bits per heavy atom. The molecule has 2 aromatic rings. The van der Waals surface area contributed by atoms with E-state index in [1.165, 1.54) is 6.07 Å². The van der Waals surface area contributed by atoms with Crippen LogP contribution in [0, 0.1) is 17.7 Å². The summed E-state index contributed by atoms with van der Waals surface area (Å²) in [7, 11) is 0. The molecular formula is C18H21FN2O3. The Hall–Kier alpha value is -2.37. The molecule has 1 aliphatic rings. The van der Waals surface area contributed by atoms with Gasteiger partial charge in [0.15, 0.2) is 0 Å². The highest BCUT2D eigenvalue weighted by molar-refractivity contribution is 5.98. The third-order valence-electron chi connectivity index (χ3n) is 4.30. The van der Waals surface area contributed by atoms with Crippen molar-refractivity contribution in [3.63, 3.8) is 0 Å². The van der Waals surface area contributed by atoms with Crippen molar-refractivity contribution in [1.29, 1.82) is 0 Å². The van der Waals surface area contributed by atoms with Gasteiger partial charge in [0.1, 0.15) is 17.1 Å². The van der Waals surface area contributed by atoms with Crippen molar-refractivity contribution in [3.8, 4) is 17.1 Å². The summed E-state index contributed by atoms with van der Waals surface area (Å²) in [6.45, 7) is 7.33. The monoisotopic (exact) mass is 332 g/mol. The van der Waals surface area contributed by atoms with Crippen molar-refractivity contribution in [2.45, 2.75) is 27.3 Å². The normalized spacial score (nSPS) is 16.6. The molecular weight excluding hydrogens is 311 g/mol. The zero-order chi connectivity index (χ0) is 17.3. The van der Waals surface area contributed by atoms with E-state index in [4.69, 9.17) is 9.47 Å². The van der Waals surface area contributed by atoms with Crippen LogP contribution in [0.3, 0.4) is 0 Å². The van der Waals surface area contributed by atoms with E-state index in [9.17, 15) is 9.18 Å². The molecule has 0 bridgehead atoms. The van der Waals surface area contributed by atoms with Gasteiger partial charge in [-0.05, 0) is 25.0 Å². The first-order valence-electron chi connectivity index (χ1n) is 8.18. The van der Waals surface area contributed by atoms with Crippen molar-refractivity contribution >= 4 is 5.97 Å².